The average molecular weight is 786 g/mol. The van der Waals surface area contributed by atoms with Crippen LogP contribution < -0.4 is 24.8 Å². The Morgan fingerprint density at radius 3 is 2.51 bits per heavy atom. The number of hydrogen-bond acceptors (Lipinski definition) is 8. The van der Waals surface area contributed by atoms with Crippen LogP contribution in [0.1, 0.15) is 29.7 Å². The monoisotopic (exact) mass is 783 g/mol. The van der Waals surface area contributed by atoms with Gasteiger partial charge in [0.05, 0.1) is 35.0 Å². The van der Waals surface area contributed by atoms with Crippen molar-refractivity contribution in [3.63, 3.8) is 0 Å². The molecule has 9 nitrogen and oxygen atoms in total. The number of halogens is 4. The molecule has 0 spiro atoms. The number of benzene rings is 4. The molecule has 2 N–H and O–H groups in total. The van der Waals surface area contributed by atoms with E-state index in [1.165, 1.54) is 38.1 Å². The molecule has 1 aromatic heterocycles. The molecule has 1 unspecified atom stereocenters. The van der Waals surface area contributed by atoms with Crippen molar-refractivity contribution >= 4 is 68.4 Å². The van der Waals surface area contributed by atoms with Gasteiger partial charge in [-0.25, -0.2) is 9.07 Å². The van der Waals surface area contributed by atoms with E-state index in [4.69, 9.17) is 47.5 Å². The van der Waals surface area contributed by atoms with Gasteiger partial charge in [-0.05, 0) is 76.4 Å². The van der Waals surface area contributed by atoms with E-state index >= 15 is 0 Å². The first-order valence-electron chi connectivity index (χ1n) is 14.9. The highest BCUT2D eigenvalue weighted by atomic mass is 79.9. The lowest BCUT2D eigenvalue weighted by Crippen LogP contribution is -2.31. The first-order valence-corrected chi connectivity index (χ1v) is 17.4. The van der Waals surface area contributed by atoms with Crippen molar-refractivity contribution in [3.8, 4) is 17.2 Å². The summed E-state index contributed by atoms with van der Waals surface area (Å²) in [4.78, 5) is 18.9. The number of aromatic nitrogens is 3. The van der Waals surface area contributed by atoms with E-state index in [2.05, 4.69) is 26.6 Å². The van der Waals surface area contributed by atoms with Crippen LogP contribution in [0.5, 0.6) is 17.2 Å². The number of rotatable bonds is 11. The Morgan fingerprint density at radius 1 is 1.02 bits per heavy atom. The van der Waals surface area contributed by atoms with E-state index in [1.54, 1.807) is 35.9 Å². The van der Waals surface area contributed by atoms with Crippen LogP contribution in [0, 0.1) is 5.82 Å². The number of ether oxygens (including phenoxy) is 3. The van der Waals surface area contributed by atoms with Crippen LogP contribution in [0.2, 0.25) is 10.0 Å². The summed E-state index contributed by atoms with van der Waals surface area (Å²) >= 11 is 17.7. The summed E-state index contributed by atoms with van der Waals surface area (Å²) < 4.78 is 34.0. The second-order valence-corrected chi connectivity index (χ2v) is 13.4. The van der Waals surface area contributed by atoms with Gasteiger partial charge in [0.25, 0.3) is 5.91 Å². The maximum Gasteiger partial charge on any atom is 0.255 e. The van der Waals surface area contributed by atoms with Crippen LogP contribution in [0.15, 0.2) is 99.8 Å². The predicted octanol–water partition coefficient (Wildman–Crippen LogP) is 9.30. The lowest BCUT2D eigenvalue weighted by atomic mass is 9.94. The molecule has 14 heteroatoms. The third kappa shape index (κ3) is 7.37. The highest BCUT2D eigenvalue weighted by Gasteiger charge is 2.36. The quantitative estimate of drug-likeness (QED) is 0.128. The number of nitrogens with one attached hydrogen (secondary N) is 2. The molecule has 4 aromatic carbocycles. The standard InChI is InChI=1S/C35H29BrCl2FN5O4S/c1-19-30(33(45)41-27-13-6-7-14-28(27)46-2)31(44-34(40-19)42-35(43-44)49-18-20-9-4-5-10-24(20)37)21-15-23(36)32(29(16-21)47-3)48-17-22-25(38)11-8-12-26(22)39/h4-16,31H,17-18H2,1-3H3,(H,41,45)(H,40,42,43). The first kappa shape index (κ1) is 34.6. The Bertz CT molecular complexity index is 2060. The number of hydrogen-bond donors (Lipinski definition) is 2. The van der Waals surface area contributed by atoms with Gasteiger partial charge in [0, 0.05) is 22.0 Å². The summed E-state index contributed by atoms with van der Waals surface area (Å²) in [6.07, 6.45) is 0. The highest BCUT2D eigenvalue weighted by Crippen LogP contribution is 2.44. The summed E-state index contributed by atoms with van der Waals surface area (Å²) in [6.45, 7) is 1.67. The summed E-state index contributed by atoms with van der Waals surface area (Å²) in [5, 5.41) is 12.5. The number of nitrogens with zero attached hydrogens (tertiary/aromatic N) is 3. The molecular formula is C35H29BrCl2FN5O4S. The molecule has 0 saturated carbocycles. The largest absolute Gasteiger partial charge is 0.495 e. The molecule has 1 amide bonds. The summed E-state index contributed by atoms with van der Waals surface area (Å²) in [7, 11) is 3.04. The van der Waals surface area contributed by atoms with Gasteiger partial charge in [-0.2, -0.15) is 4.98 Å². The van der Waals surface area contributed by atoms with Gasteiger partial charge < -0.3 is 24.8 Å². The Kier molecular flexibility index (Phi) is 10.7. The zero-order chi connectivity index (χ0) is 34.7. The summed E-state index contributed by atoms with van der Waals surface area (Å²) in [5.41, 5.74) is 3.25. The molecule has 0 radical (unpaired) electrons. The lowest BCUT2D eigenvalue weighted by Gasteiger charge is -2.29. The SMILES string of the molecule is COc1ccccc1NC(=O)C1=C(C)Nc2nc(SCc3ccccc3Cl)nn2C1c1cc(Br)c(OCc2c(F)cccc2Cl)c(OC)c1. The van der Waals surface area contributed by atoms with Crippen molar-refractivity contribution < 1.29 is 23.4 Å². The molecule has 49 heavy (non-hydrogen) atoms. The molecular weight excluding hydrogens is 756 g/mol. The van der Waals surface area contributed by atoms with E-state index in [1.807, 2.05) is 42.5 Å². The number of carbonyl (C=O) groups excluding carboxylic acids is 1. The van der Waals surface area contributed by atoms with Crippen molar-refractivity contribution in [3.05, 3.63) is 127 Å². The van der Waals surface area contributed by atoms with Crippen LogP contribution in [0.4, 0.5) is 16.0 Å². The van der Waals surface area contributed by atoms with E-state index < -0.39 is 11.9 Å². The van der Waals surface area contributed by atoms with Gasteiger partial charge in [0.2, 0.25) is 11.1 Å². The number of amides is 1. The molecule has 0 aliphatic carbocycles. The fourth-order valence-corrected chi connectivity index (χ4v) is 7.25. The van der Waals surface area contributed by atoms with Crippen molar-refractivity contribution in [1.29, 1.82) is 0 Å². The molecule has 1 aliphatic rings. The van der Waals surface area contributed by atoms with E-state index in [9.17, 15) is 9.18 Å². The smallest absolute Gasteiger partial charge is 0.255 e. The first-order chi connectivity index (χ1) is 23.7. The Balaban J connectivity index is 1.39. The molecule has 0 bridgehead atoms. The molecule has 1 atom stereocenters. The van der Waals surface area contributed by atoms with Crippen molar-refractivity contribution in [2.75, 3.05) is 24.9 Å². The molecule has 0 saturated heterocycles. The minimum absolute atomic E-state index is 0.141. The lowest BCUT2D eigenvalue weighted by molar-refractivity contribution is -0.113. The molecule has 2 heterocycles. The predicted molar refractivity (Wildman–Crippen MR) is 194 cm³/mol. The number of para-hydroxylation sites is 2. The van der Waals surface area contributed by atoms with Crippen molar-refractivity contribution in [2.24, 2.45) is 0 Å². The van der Waals surface area contributed by atoms with Gasteiger partial charge >= 0.3 is 0 Å². The van der Waals surface area contributed by atoms with Crippen LogP contribution >= 0.6 is 50.9 Å². The van der Waals surface area contributed by atoms with Gasteiger partial charge in [0.1, 0.15) is 24.2 Å². The normalized spacial score (nSPS) is 13.8. The Morgan fingerprint density at radius 2 is 1.76 bits per heavy atom. The van der Waals surface area contributed by atoms with Gasteiger partial charge in [-0.1, -0.05) is 71.4 Å². The second-order valence-electron chi connectivity index (χ2n) is 10.8. The Hall–Kier alpha value is -4.23. The van der Waals surface area contributed by atoms with Crippen LogP contribution in [0.25, 0.3) is 0 Å². The number of thioether (sulfide) groups is 1. The van der Waals surface area contributed by atoms with Gasteiger partial charge in [-0.3, -0.25) is 4.79 Å². The third-order valence-electron chi connectivity index (χ3n) is 7.74. The fraction of sp³-hybridized carbons (Fsp3) is 0.171. The summed E-state index contributed by atoms with van der Waals surface area (Å²) in [6, 6.07) is 22.0. The molecule has 252 valence electrons. The topological polar surface area (TPSA) is 99.5 Å². The van der Waals surface area contributed by atoms with Crippen LogP contribution in [-0.2, 0) is 17.2 Å². The van der Waals surface area contributed by atoms with E-state index in [0.29, 0.717) is 66.1 Å². The molecule has 0 fully saturated rings. The summed E-state index contributed by atoms with van der Waals surface area (Å²) in [5.74, 6) is 1.30. The molecule has 1 aliphatic heterocycles. The number of carbonyl (C=O) groups is 1. The Labute approximate surface area is 304 Å². The van der Waals surface area contributed by atoms with Crippen molar-refractivity contribution in [2.45, 2.75) is 30.5 Å². The number of fused-ring (bicyclic) bond motifs is 1. The van der Waals surface area contributed by atoms with E-state index in [0.717, 1.165) is 5.56 Å². The molecule has 6 rings (SSSR count). The third-order valence-corrected chi connectivity index (χ3v) is 9.94. The van der Waals surface area contributed by atoms with Crippen LogP contribution in [-0.4, -0.2) is 34.9 Å². The average Bonchev–Trinajstić information content (AvgIpc) is 3.49. The number of allylic oxidation sites excluding steroid dienone is 1. The number of methoxy groups -OCH3 is 2. The zero-order valence-corrected chi connectivity index (χ0v) is 30.3. The van der Waals surface area contributed by atoms with Gasteiger partial charge in [-0.15, -0.1) is 5.10 Å². The maximum absolute atomic E-state index is 14.5. The highest BCUT2D eigenvalue weighted by molar-refractivity contribution is 9.10. The van der Waals surface area contributed by atoms with Crippen molar-refractivity contribution in [1.82, 2.24) is 14.8 Å². The second kappa shape index (κ2) is 15.1. The maximum atomic E-state index is 14.5. The minimum atomic E-state index is -0.756. The molecule has 5 aromatic rings. The minimum Gasteiger partial charge on any atom is -0.495 e. The fourth-order valence-electron chi connectivity index (χ4n) is 5.34. The zero-order valence-electron chi connectivity index (χ0n) is 26.4. The van der Waals surface area contributed by atoms with Crippen LogP contribution in [0.3, 0.4) is 0 Å². The van der Waals surface area contributed by atoms with Gasteiger partial charge in [0.15, 0.2) is 11.5 Å². The number of anilines is 2. The van der Waals surface area contributed by atoms with E-state index in [-0.39, 0.29) is 23.1 Å².